The van der Waals surface area contributed by atoms with E-state index >= 15 is 0 Å². The van der Waals surface area contributed by atoms with Crippen molar-refractivity contribution in [2.75, 3.05) is 0 Å². The van der Waals surface area contributed by atoms with Gasteiger partial charge in [0.05, 0.1) is 22.9 Å². The molecule has 0 fully saturated rings. The molecule has 8 nitrogen and oxygen atoms in total. The highest BCUT2D eigenvalue weighted by Gasteiger charge is 2.27. The Kier molecular flexibility index (Phi) is 6.69. The predicted molar refractivity (Wildman–Crippen MR) is 114 cm³/mol. The lowest BCUT2D eigenvalue weighted by atomic mass is 10.0. The van der Waals surface area contributed by atoms with Gasteiger partial charge in [0.2, 0.25) is 5.91 Å². The van der Waals surface area contributed by atoms with Crippen LogP contribution in [-0.2, 0) is 16.0 Å². The summed E-state index contributed by atoms with van der Waals surface area (Å²) in [6, 6.07) is 12.9. The summed E-state index contributed by atoms with van der Waals surface area (Å²) < 4.78 is 0.854. The zero-order chi connectivity index (χ0) is 22.5. The number of carboxylic acid groups (broad SMARTS) is 1. The summed E-state index contributed by atoms with van der Waals surface area (Å²) >= 11 is 0. The highest BCUT2D eigenvalue weighted by molar-refractivity contribution is 5.86. The van der Waals surface area contributed by atoms with E-state index in [1.807, 2.05) is 19.9 Å². The normalized spacial score (nSPS) is 13.1. The maximum Gasteiger partial charge on any atom is 0.329 e. The van der Waals surface area contributed by atoms with E-state index in [2.05, 4.69) is 10.3 Å². The van der Waals surface area contributed by atoms with Gasteiger partial charge in [-0.2, -0.15) is 0 Å². The molecule has 0 aliphatic rings. The van der Waals surface area contributed by atoms with Crippen molar-refractivity contribution in [2.24, 2.45) is 5.92 Å². The molecule has 2 atom stereocenters. The van der Waals surface area contributed by atoms with E-state index in [-0.39, 0.29) is 24.1 Å². The first-order chi connectivity index (χ1) is 14.8. The summed E-state index contributed by atoms with van der Waals surface area (Å²) in [5.74, 6) is -2.16. The number of aromatic amines is 1. The van der Waals surface area contributed by atoms with Gasteiger partial charge in [0.25, 0.3) is 5.56 Å². The van der Waals surface area contributed by atoms with Gasteiger partial charge < -0.3 is 20.2 Å². The molecule has 1 aromatic heterocycles. The first-order valence-corrected chi connectivity index (χ1v) is 10.1. The molecule has 0 aliphatic carbocycles. The summed E-state index contributed by atoms with van der Waals surface area (Å²) in [5.41, 5.74) is -0.283. The molecule has 0 aliphatic heterocycles. The van der Waals surface area contributed by atoms with Crippen LogP contribution in [0.25, 0.3) is 10.9 Å². The van der Waals surface area contributed by atoms with Crippen LogP contribution < -0.4 is 21.7 Å². The molecule has 2 N–H and O–H groups in total. The second kappa shape index (κ2) is 9.42. The number of H-pyrrole nitrogens is 1. The Morgan fingerprint density at radius 2 is 1.68 bits per heavy atom. The van der Waals surface area contributed by atoms with Gasteiger partial charge in [0.15, 0.2) is 0 Å². The Bertz CT molecular complexity index is 1200. The monoisotopic (exact) mass is 422 g/mol. The van der Waals surface area contributed by atoms with Gasteiger partial charge in [-0.1, -0.05) is 56.3 Å². The molecule has 1 amide bonds. The molecule has 0 bridgehead atoms. The molecular weight excluding hydrogens is 398 g/mol. The van der Waals surface area contributed by atoms with Crippen LogP contribution in [0.4, 0.5) is 0 Å². The van der Waals surface area contributed by atoms with E-state index in [0.29, 0.717) is 5.52 Å². The predicted octanol–water partition coefficient (Wildman–Crippen LogP) is 0.754. The first kappa shape index (κ1) is 22.0. The molecular formula is C23H24N3O5-. The fraction of sp³-hybridized carbons (Fsp3) is 0.304. The summed E-state index contributed by atoms with van der Waals surface area (Å²) in [4.78, 5) is 53.2. The second-order valence-electron chi connectivity index (χ2n) is 7.87. The number of aliphatic carboxylic acids is 1. The molecule has 31 heavy (non-hydrogen) atoms. The van der Waals surface area contributed by atoms with Crippen molar-refractivity contribution in [3.8, 4) is 0 Å². The number of hydrogen-bond donors (Lipinski definition) is 2. The molecule has 0 saturated heterocycles. The highest BCUT2D eigenvalue weighted by Crippen LogP contribution is 2.15. The zero-order valence-electron chi connectivity index (χ0n) is 17.3. The Morgan fingerprint density at radius 1 is 1.03 bits per heavy atom. The number of para-hydroxylation sites is 1. The summed E-state index contributed by atoms with van der Waals surface area (Å²) in [6.07, 6.45) is 0.199. The van der Waals surface area contributed by atoms with Crippen LogP contribution in [0.5, 0.6) is 0 Å². The van der Waals surface area contributed by atoms with E-state index in [4.69, 9.17) is 0 Å². The maximum atomic E-state index is 13.2. The van der Waals surface area contributed by atoms with E-state index in [1.165, 1.54) is 0 Å². The molecule has 3 aromatic rings. The summed E-state index contributed by atoms with van der Waals surface area (Å²) in [5, 5.41) is 14.2. The summed E-state index contributed by atoms with van der Waals surface area (Å²) in [7, 11) is 0. The lowest BCUT2D eigenvalue weighted by molar-refractivity contribution is -0.308. The van der Waals surface area contributed by atoms with Gasteiger partial charge in [-0.15, -0.1) is 0 Å². The van der Waals surface area contributed by atoms with Gasteiger partial charge >= 0.3 is 5.69 Å². The Hall–Kier alpha value is -3.68. The Labute approximate surface area is 178 Å². The van der Waals surface area contributed by atoms with Crippen molar-refractivity contribution < 1.29 is 14.7 Å². The van der Waals surface area contributed by atoms with Gasteiger partial charge in [0.1, 0.15) is 6.04 Å². The number of benzene rings is 2. The molecule has 1 heterocycles. The molecule has 0 spiro atoms. The van der Waals surface area contributed by atoms with E-state index in [1.54, 1.807) is 48.5 Å². The minimum atomic E-state index is -1.42. The van der Waals surface area contributed by atoms with Gasteiger partial charge in [-0.25, -0.2) is 9.36 Å². The zero-order valence-corrected chi connectivity index (χ0v) is 17.3. The van der Waals surface area contributed by atoms with Crippen molar-refractivity contribution in [1.29, 1.82) is 0 Å². The smallest absolute Gasteiger partial charge is 0.329 e. The molecule has 8 heteroatoms. The van der Waals surface area contributed by atoms with Crippen molar-refractivity contribution in [3.05, 3.63) is 81.0 Å². The molecule has 2 aromatic carbocycles. The number of rotatable bonds is 8. The van der Waals surface area contributed by atoms with E-state index in [9.17, 15) is 24.3 Å². The number of hydrogen-bond acceptors (Lipinski definition) is 5. The van der Waals surface area contributed by atoms with Crippen molar-refractivity contribution >= 4 is 22.8 Å². The summed E-state index contributed by atoms with van der Waals surface area (Å²) in [6.45, 7) is 3.64. The number of amides is 1. The van der Waals surface area contributed by atoms with Crippen LogP contribution in [0, 0.1) is 5.92 Å². The lowest BCUT2D eigenvalue weighted by Crippen LogP contribution is -2.53. The minimum absolute atomic E-state index is 0.0115. The van der Waals surface area contributed by atoms with Crippen molar-refractivity contribution in [1.82, 2.24) is 14.9 Å². The number of aromatic nitrogens is 2. The highest BCUT2D eigenvalue weighted by atomic mass is 16.4. The molecule has 0 saturated carbocycles. The van der Waals surface area contributed by atoms with Crippen LogP contribution in [0.3, 0.4) is 0 Å². The average molecular weight is 422 g/mol. The van der Waals surface area contributed by atoms with Crippen molar-refractivity contribution in [2.45, 2.75) is 38.8 Å². The number of carbonyl (C=O) groups is 2. The third-order valence-corrected chi connectivity index (χ3v) is 5.03. The van der Waals surface area contributed by atoms with Crippen LogP contribution in [-0.4, -0.2) is 27.5 Å². The molecule has 0 unspecified atom stereocenters. The number of fused-ring (bicyclic) bond motifs is 1. The number of carbonyl (C=O) groups excluding carboxylic acids is 2. The van der Waals surface area contributed by atoms with Crippen molar-refractivity contribution in [3.63, 3.8) is 0 Å². The largest absolute Gasteiger partial charge is 0.548 e. The first-order valence-electron chi connectivity index (χ1n) is 10.1. The van der Waals surface area contributed by atoms with Gasteiger partial charge in [0, 0.05) is 6.42 Å². The standard InChI is InChI=1S/C23H25N3O5/c1-14(2)12-18(22(29)30)24-20(27)19(13-15-8-4-3-5-9-15)26-21(28)16-10-6-7-11-17(16)25-23(26)31/h3-11,14,18-19H,12-13H2,1-2H3,(H,24,27)(H,25,31)(H,29,30)/p-1/t18-,19-/m0/s1. The van der Waals surface area contributed by atoms with E-state index < -0.39 is 35.2 Å². The minimum Gasteiger partial charge on any atom is -0.548 e. The fourth-order valence-corrected chi connectivity index (χ4v) is 3.55. The SMILES string of the molecule is CC(C)C[C@H](NC(=O)[C@H](Cc1ccccc1)n1c(=O)[nH]c2ccccc2c1=O)C(=O)[O-]. The number of carboxylic acids is 1. The molecule has 162 valence electrons. The lowest BCUT2D eigenvalue weighted by Gasteiger charge is -2.25. The molecule has 3 rings (SSSR count). The Balaban J connectivity index is 2.08. The molecule has 0 radical (unpaired) electrons. The average Bonchev–Trinajstić information content (AvgIpc) is 2.72. The van der Waals surface area contributed by atoms with E-state index in [0.717, 1.165) is 10.1 Å². The van der Waals surface area contributed by atoms with Crippen LogP contribution in [0.2, 0.25) is 0 Å². The maximum absolute atomic E-state index is 13.2. The van der Waals surface area contributed by atoms with Crippen LogP contribution in [0.15, 0.2) is 64.2 Å². The topological polar surface area (TPSA) is 124 Å². The number of nitrogens with zero attached hydrogens (tertiary/aromatic N) is 1. The van der Waals surface area contributed by atoms with Crippen LogP contribution >= 0.6 is 0 Å². The quantitative estimate of drug-likeness (QED) is 0.554. The third-order valence-electron chi connectivity index (χ3n) is 5.03. The number of nitrogens with one attached hydrogen (secondary N) is 2. The second-order valence-corrected chi connectivity index (χ2v) is 7.87. The third kappa shape index (κ3) is 5.09. The van der Waals surface area contributed by atoms with Gasteiger partial charge in [-0.3, -0.25) is 9.59 Å². The Morgan fingerprint density at radius 3 is 2.32 bits per heavy atom. The fourth-order valence-electron chi connectivity index (χ4n) is 3.55. The van der Waals surface area contributed by atoms with Gasteiger partial charge in [-0.05, 0) is 30.0 Å². The van der Waals surface area contributed by atoms with Crippen LogP contribution in [0.1, 0.15) is 31.9 Å².